The Balaban J connectivity index is 1.44. The van der Waals surface area contributed by atoms with Gasteiger partial charge in [-0.05, 0) is 49.2 Å². The number of benzene rings is 3. The predicted molar refractivity (Wildman–Crippen MR) is 152 cm³/mol. The van der Waals surface area contributed by atoms with E-state index in [-0.39, 0.29) is 19.4 Å². The van der Waals surface area contributed by atoms with Gasteiger partial charge in [-0.1, -0.05) is 17.3 Å². The summed E-state index contributed by atoms with van der Waals surface area (Å²) in [4.78, 5) is 29.9. The van der Waals surface area contributed by atoms with Crippen LogP contribution in [0.25, 0.3) is 11.0 Å². The summed E-state index contributed by atoms with van der Waals surface area (Å²) in [6.07, 6.45) is 1.69. The molecule has 0 bridgehead atoms. The topological polar surface area (TPSA) is 126 Å². The van der Waals surface area contributed by atoms with Gasteiger partial charge in [0, 0.05) is 36.5 Å². The van der Waals surface area contributed by atoms with Crippen molar-refractivity contribution < 1.29 is 33.3 Å². The molecule has 2 aliphatic rings. The lowest BCUT2D eigenvalue weighted by molar-refractivity contribution is -0.127. The first kappa shape index (κ1) is 27.3. The van der Waals surface area contributed by atoms with Gasteiger partial charge in [0.1, 0.15) is 29.6 Å². The minimum atomic E-state index is -1.13. The summed E-state index contributed by atoms with van der Waals surface area (Å²) in [5.41, 5.74) is 2.25. The van der Waals surface area contributed by atoms with E-state index in [0.29, 0.717) is 58.4 Å². The van der Waals surface area contributed by atoms with Crippen molar-refractivity contribution >= 4 is 28.5 Å². The van der Waals surface area contributed by atoms with E-state index >= 15 is 0 Å². The van der Waals surface area contributed by atoms with Crippen LogP contribution in [0, 0.1) is 0 Å². The highest BCUT2D eigenvalue weighted by Gasteiger charge is 2.36. The lowest BCUT2D eigenvalue weighted by Crippen LogP contribution is -2.46. The molecule has 0 saturated carbocycles. The summed E-state index contributed by atoms with van der Waals surface area (Å²) < 4.78 is 29.5. The van der Waals surface area contributed by atoms with E-state index < -0.39 is 17.9 Å². The molecule has 0 radical (unpaired) electrons. The van der Waals surface area contributed by atoms with E-state index in [0.717, 1.165) is 12.8 Å². The van der Waals surface area contributed by atoms with E-state index in [1.807, 2.05) is 24.3 Å². The standard InChI is InChI=1S/C30H31N5O7/c1-38-20-10-11-22(26(15-20)39-2)29(30(37)31-16-21-6-5-13-40-21)35(19-9-12-25-27(14-19)42-18-41-25)28(36)17-34-24-8-4-3-7-23(24)32-33-34/h3-4,7-12,14-15,21,29H,5-6,13,16-18H2,1-2H3,(H,31,37)/t21-,29-/m1/s1. The summed E-state index contributed by atoms with van der Waals surface area (Å²) in [5, 5.41) is 11.4. The number of nitrogens with one attached hydrogen (secondary N) is 1. The van der Waals surface area contributed by atoms with E-state index in [1.54, 1.807) is 43.5 Å². The first-order valence-electron chi connectivity index (χ1n) is 13.7. The molecule has 1 fully saturated rings. The lowest BCUT2D eigenvalue weighted by atomic mass is 10.0. The van der Waals surface area contributed by atoms with Gasteiger partial charge in [0.25, 0.3) is 0 Å². The van der Waals surface area contributed by atoms with Crippen LogP contribution >= 0.6 is 0 Å². The molecule has 1 aromatic heterocycles. The zero-order valence-corrected chi connectivity index (χ0v) is 23.3. The van der Waals surface area contributed by atoms with Gasteiger partial charge < -0.3 is 29.0 Å². The Hall–Kier alpha value is -4.84. The van der Waals surface area contributed by atoms with Gasteiger partial charge in [-0.2, -0.15) is 0 Å². The molecule has 2 atom stereocenters. The Morgan fingerprint density at radius 3 is 2.74 bits per heavy atom. The highest BCUT2D eigenvalue weighted by molar-refractivity contribution is 6.02. The summed E-state index contributed by atoms with van der Waals surface area (Å²) >= 11 is 0. The van der Waals surface area contributed by atoms with Crippen molar-refractivity contribution in [2.45, 2.75) is 31.5 Å². The number of nitrogens with zero attached hydrogens (tertiary/aromatic N) is 4. The fraction of sp³-hybridized carbons (Fsp3) is 0.333. The largest absolute Gasteiger partial charge is 0.497 e. The Morgan fingerprint density at radius 2 is 1.93 bits per heavy atom. The summed E-state index contributed by atoms with van der Waals surface area (Å²) in [5.74, 6) is 1.15. The molecule has 12 heteroatoms. The van der Waals surface area contributed by atoms with Crippen LogP contribution in [0.2, 0.25) is 0 Å². The quantitative estimate of drug-likeness (QED) is 0.304. The number of carbonyl (C=O) groups excluding carboxylic acids is 2. The molecule has 3 aromatic carbocycles. The normalized spacial score (nSPS) is 16.3. The van der Waals surface area contributed by atoms with Crippen LogP contribution in [0.5, 0.6) is 23.0 Å². The summed E-state index contributed by atoms with van der Waals surface area (Å²) in [6, 6.07) is 16.5. The molecule has 42 heavy (non-hydrogen) atoms. The van der Waals surface area contributed by atoms with E-state index in [1.165, 1.54) is 16.7 Å². The smallest absolute Gasteiger partial charge is 0.249 e. The van der Waals surface area contributed by atoms with Crippen LogP contribution in [0.4, 0.5) is 5.69 Å². The number of amides is 2. The highest BCUT2D eigenvalue weighted by atomic mass is 16.7. The number of para-hydroxylation sites is 1. The summed E-state index contributed by atoms with van der Waals surface area (Å²) in [6.45, 7) is 0.854. The second-order valence-corrected chi connectivity index (χ2v) is 9.93. The van der Waals surface area contributed by atoms with Gasteiger partial charge >= 0.3 is 0 Å². The molecule has 0 unspecified atom stereocenters. The molecular formula is C30H31N5O7. The molecule has 0 aliphatic carbocycles. The molecule has 1 saturated heterocycles. The van der Waals surface area contributed by atoms with Crippen LogP contribution in [-0.2, 0) is 20.9 Å². The minimum Gasteiger partial charge on any atom is -0.497 e. The van der Waals surface area contributed by atoms with Crippen molar-refractivity contribution in [3.8, 4) is 23.0 Å². The monoisotopic (exact) mass is 573 g/mol. The van der Waals surface area contributed by atoms with Gasteiger partial charge in [-0.3, -0.25) is 14.5 Å². The molecule has 218 valence electrons. The number of aromatic nitrogens is 3. The third-order valence-corrected chi connectivity index (χ3v) is 7.38. The molecule has 3 heterocycles. The Morgan fingerprint density at radius 1 is 1.07 bits per heavy atom. The third kappa shape index (κ3) is 5.40. The number of rotatable bonds is 10. The first-order valence-corrected chi connectivity index (χ1v) is 13.7. The second kappa shape index (κ2) is 12.0. The maximum Gasteiger partial charge on any atom is 0.249 e. The average Bonchev–Trinajstić information content (AvgIpc) is 3.80. The zero-order valence-electron chi connectivity index (χ0n) is 23.3. The average molecular weight is 574 g/mol. The summed E-state index contributed by atoms with van der Waals surface area (Å²) in [7, 11) is 3.05. The molecule has 2 amide bonds. The fourth-order valence-electron chi connectivity index (χ4n) is 5.27. The molecule has 1 N–H and O–H groups in total. The molecular weight excluding hydrogens is 542 g/mol. The van der Waals surface area contributed by atoms with Gasteiger partial charge in [-0.25, -0.2) is 4.68 Å². The van der Waals surface area contributed by atoms with Gasteiger partial charge in [0.05, 0.1) is 25.8 Å². The fourth-order valence-corrected chi connectivity index (χ4v) is 5.27. The zero-order chi connectivity index (χ0) is 29.1. The van der Waals surface area contributed by atoms with Crippen LogP contribution in [-0.4, -0.2) is 67.1 Å². The van der Waals surface area contributed by atoms with Crippen molar-refractivity contribution in [1.82, 2.24) is 20.3 Å². The predicted octanol–water partition coefficient (Wildman–Crippen LogP) is 3.25. The van der Waals surface area contributed by atoms with Crippen molar-refractivity contribution in [2.24, 2.45) is 0 Å². The molecule has 12 nitrogen and oxygen atoms in total. The van der Waals surface area contributed by atoms with Gasteiger partial charge in [0.15, 0.2) is 11.5 Å². The number of anilines is 1. The Labute approximate surface area is 242 Å². The first-order chi connectivity index (χ1) is 20.6. The van der Waals surface area contributed by atoms with E-state index in [9.17, 15) is 9.59 Å². The molecule has 2 aliphatic heterocycles. The Kier molecular flexibility index (Phi) is 7.78. The number of methoxy groups -OCH3 is 2. The van der Waals surface area contributed by atoms with Crippen LogP contribution in [0.3, 0.4) is 0 Å². The number of carbonyl (C=O) groups is 2. The molecule has 0 spiro atoms. The third-order valence-electron chi connectivity index (χ3n) is 7.38. The van der Waals surface area contributed by atoms with Crippen LogP contribution in [0.15, 0.2) is 60.7 Å². The SMILES string of the molecule is COc1ccc([C@H](C(=O)NC[C@H]2CCCO2)N(C(=O)Cn2nnc3ccccc32)c2ccc3c(c2)OCO3)c(OC)c1. The van der Waals surface area contributed by atoms with Crippen molar-refractivity contribution in [3.05, 3.63) is 66.2 Å². The maximum atomic E-state index is 14.4. The van der Waals surface area contributed by atoms with Crippen molar-refractivity contribution in [3.63, 3.8) is 0 Å². The van der Waals surface area contributed by atoms with Crippen LogP contribution in [0.1, 0.15) is 24.4 Å². The highest BCUT2D eigenvalue weighted by Crippen LogP contribution is 2.40. The van der Waals surface area contributed by atoms with Crippen molar-refractivity contribution in [1.29, 1.82) is 0 Å². The lowest BCUT2D eigenvalue weighted by Gasteiger charge is -2.32. The van der Waals surface area contributed by atoms with Gasteiger partial charge in [0.2, 0.25) is 18.6 Å². The number of fused-ring (bicyclic) bond motifs is 2. The minimum absolute atomic E-state index is 0.0648. The van der Waals surface area contributed by atoms with E-state index in [4.69, 9.17) is 23.7 Å². The number of hydrogen-bond acceptors (Lipinski definition) is 9. The van der Waals surface area contributed by atoms with Crippen molar-refractivity contribution in [2.75, 3.05) is 39.1 Å². The van der Waals surface area contributed by atoms with Crippen LogP contribution < -0.4 is 29.2 Å². The van der Waals surface area contributed by atoms with Gasteiger partial charge in [-0.15, -0.1) is 5.10 Å². The number of ether oxygens (including phenoxy) is 5. The second-order valence-electron chi connectivity index (χ2n) is 9.93. The van der Waals surface area contributed by atoms with E-state index in [2.05, 4.69) is 15.6 Å². The molecule has 6 rings (SSSR count). The number of hydrogen-bond donors (Lipinski definition) is 1. The maximum absolute atomic E-state index is 14.4. The molecule has 4 aromatic rings. The Bertz CT molecular complexity index is 1600.